The Morgan fingerprint density at radius 1 is 1.30 bits per heavy atom. The van der Waals surface area contributed by atoms with E-state index in [1.807, 2.05) is 20.8 Å². The molecule has 0 radical (unpaired) electrons. The molecule has 1 aromatic rings. The zero-order valence-corrected chi connectivity index (χ0v) is 12.3. The van der Waals surface area contributed by atoms with Crippen molar-refractivity contribution in [1.29, 1.82) is 0 Å². The lowest BCUT2D eigenvalue weighted by molar-refractivity contribution is -0.123. The second-order valence-corrected chi connectivity index (χ2v) is 4.54. The predicted octanol–water partition coefficient (Wildman–Crippen LogP) is 1.87. The smallest absolute Gasteiger partial charge is 0.258 e. The summed E-state index contributed by atoms with van der Waals surface area (Å²) in [6, 6.07) is 5.29. The van der Waals surface area contributed by atoms with Crippen LogP contribution in [0.5, 0.6) is 11.5 Å². The van der Waals surface area contributed by atoms with Gasteiger partial charge in [-0.25, -0.2) is 0 Å². The Bertz CT molecular complexity index is 434. The Balaban J connectivity index is 2.64. The lowest BCUT2D eigenvalue weighted by atomic mass is 10.2. The van der Waals surface area contributed by atoms with E-state index in [9.17, 15) is 4.79 Å². The minimum absolute atomic E-state index is 0.0527. The third-order valence-corrected chi connectivity index (χ3v) is 2.87. The number of hydrogen-bond donors (Lipinski definition) is 2. The van der Waals surface area contributed by atoms with E-state index in [1.54, 1.807) is 18.2 Å². The molecule has 5 nitrogen and oxygen atoms in total. The zero-order valence-electron chi connectivity index (χ0n) is 12.3. The van der Waals surface area contributed by atoms with Gasteiger partial charge < -0.3 is 19.9 Å². The third-order valence-electron chi connectivity index (χ3n) is 2.87. The summed E-state index contributed by atoms with van der Waals surface area (Å²) in [4.78, 5) is 11.7. The van der Waals surface area contributed by atoms with E-state index in [1.165, 1.54) is 0 Å². The van der Waals surface area contributed by atoms with Gasteiger partial charge in [0, 0.05) is 6.04 Å². The molecule has 0 bridgehead atoms. The minimum atomic E-state index is -0.159. The fourth-order valence-electron chi connectivity index (χ4n) is 1.60. The molecule has 0 aliphatic heterocycles. The van der Waals surface area contributed by atoms with E-state index in [4.69, 9.17) is 14.6 Å². The van der Waals surface area contributed by atoms with Crippen molar-refractivity contribution >= 4 is 5.91 Å². The number of ether oxygens (including phenoxy) is 2. The molecule has 0 aromatic heterocycles. The molecule has 1 amide bonds. The highest BCUT2D eigenvalue weighted by atomic mass is 16.5. The quantitative estimate of drug-likeness (QED) is 0.763. The highest BCUT2D eigenvalue weighted by Gasteiger charge is 2.10. The fraction of sp³-hybridized carbons (Fsp3) is 0.533. The van der Waals surface area contributed by atoms with Crippen molar-refractivity contribution in [2.75, 3.05) is 13.2 Å². The molecule has 0 spiro atoms. The summed E-state index contributed by atoms with van der Waals surface area (Å²) in [5.41, 5.74) is 0.741. The van der Waals surface area contributed by atoms with Gasteiger partial charge in [0.25, 0.3) is 5.91 Å². The zero-order chi connectivity index (χ0) is 15.0. The van der Waals surface area contributed by atoms with Crippen molar-refractivity contribution in [2.24, 2.45) is 0 Å². The van der Waals surface area contributed by atoms with Gasteiger partial charge in [0.2, 0.25) is 0 Å². The highest BCUT2D eigenvalue weighted by Crippen LogP contribution is 2.28. The summed E-state index contributed by atoms with van der Waals surface area (Å²) in [5, 5.41) is 11.9. The standard InChI is InChI=1S/C15H23NO4/c1-4-11(3)16-15(18)10-20-13-7-6-12(9-17)8-14(13)19-5-2/h6-8,11,17H,4-5,9-10H2,1-3H3,(H,16,18). The number of amides is 1. The maximum Gasteiger partial charge on any atom is 0.258 e. The van der Waals surface area contributed by atoms with Crippen LogP contribution >= 0.6 is 0 Å². The largest absolute Gasteiger partial charge is 0.490 e. The van der Waals surface area contributed by atoms with Crippen molar-refractivity contribution in [2.45, 2.75) is 39.8 Å². The molecule has 20 heavy (non-hydrogen) atoms. The van der Waals surface area contributed by atoms with E-state index < -0.39 is 0 Å². The van der Waals surface area contributed by atoms with Crippen molar-refractivity contribution in [3.8, 4) is 11.5 Å². The van der Waals surface area contributed by atoms with Gasteiger partial charge in [0.1, 0.15) is 0 Å². The van der Waals surface area contributed by atoms with E-state index in [0.717, 1.165) is 12.0 Å². The number of hydrogen-bond acceptors (Lipinski definition) is 4. The molecule has 0 aliphatic rings. The minimum Gasteiger partial charge on any atom is -0.490 e. The Morgan fingerprint density at radius 2 is 2.05 bits per heavy atom. The first-order valence-electron chi connectivity index (χ1n) is 6.89. The summed E-state index contributed by atoms with van der Waals surface area (Å²) in [6.45, 7) is 6.19. The van der Waals surface area contributed by atoms with Crippen LogP contribution in [0.1, 0.15) is 32.8 Å². The van der Waals surface area contributed by atoms with Crippen LogP contribution in [0.2, 0.25) is 0 Å². The molecule has 0 heterocycles. The Hall–Kier alpha value is -1.75. The lowest BCUT2D eigenvalue weighted by Gasteiger charge is -2.14. The molecule has 0 saturated heterocycles. The number of carbonyl (C=O) groups is 1. The van der Waals surface area contributed by atoms with E-state index >= 15 is 0 Å². The maximum absolute atomic E-state index is 11.7. The first kappa shape index (κ1) is 16.3. The van der Waals surface area contributed by atoms with Gasteiger partial charge in [-0.3, -0.25) is 4.79 Å². The van der Waals surface area contributed by atoms with Gasteiger partial charge in [0.15, 0.2) is 18.1 Å². The van der Waals surface area contributed by atoms with Crippen LogP contribution in [-0.4, -0.2) is 30.3 Å². The molecular formula is C15H23NO4. The van der Waals surface area contributed by atoms with Crippen LogP contribution in [0.4, 0.5) is 0 Å². The number of rotatable bonds is 8. The molecule has 2 N–H and O–H groups in total. The Kier molecular flexibility index (Phi) is 6.87. The molecule has 1 atom stereocenters. The molecule has 1 unspecified atom stereocenters. The SMILES string of the molecule is CCOc1cc(CO)ccc1OCC(=O)NC(C)CC. The number of aliphatic hydroxyl groups excluding tert-OH is 1. The van der Waals surface area contributed by atoms with E-state index in [2.05, 4.69) is 5.32 Å². The van der Waals surface area contributed by atoms with Gasteiger partial charge >= 0.3 is 0 Å². The molecule has 112 valence electrons. The van der Waals surface area contributed by atoms with Crippen molar-refractivity contribution in [1.82, 2.24) is 5.32 Å². The van der Waals surface area contributed by atoms with Gasteiger partial charge in [-0.05, 0) is 38.0 Å². The van der Waals surface area contributed by atoms with Crippen molar-refractivity contribution in [3.63, 3.8) is 0 Å². The summed E-state index contributed by atoms with van der Waals surface area (Å²) < 4.78 is 10.9. The summed E-state index contributed by atoms with van der Waals surface area (Å²) >= 11 is 0. The van der Waals surface area contributed by atoms with Crippen LogP contribution in [0.3, 0.4) is 0 Å². The molecule has 0 fully saturated rings. The van der Waals surface area contributed by atoms with E-state index in [-0.39, 0.29) is 25.2 Å². The Morgan fingerprint density at radius 3 is 2.65 bits per heavy atom. The van der Waals surface area contributed by atoms with Gasteiger partial charge in [-0.1, -0.05) is 13.0 Å². The van der Waals surface area contributed by atoms with Gasteiger partial charge in [-0.15, -0.1) is 0 Å². The van der Waals surface area contributed by atoms with Crippen LogP contribution in [-0.2, 0) is 11.4 Å². The van der Waals surface area contributed by atoms with E-state index in [0.29, 0.717) is 18.1 Å². The topological polar surface area (TPSA) is 67.8 Å². The second kappa shape index (κ2) is 8.43. The summed E-state index contributed by atoms with van der Waals surface area (Å²) in [6.07, 6.45) is 0.876. The molecular weight excluding hydrogens is 258 g/mol. The lowest BCUT2D eigenvalue weighted by Crippen LogP contribution is -2.35. The summed E-state index contributed by atoms with van der Waals surface area (Å²) in [5.74, 6) is 0.881. The van der Waals surface area contributed by atoms with Gasteiger partial charge in [0.05, 0.1) is 13.2 Å². The predicted molar refractivity (Wildman–Crippen MR) is 76.9 cm³/mol. The molecule has 1 aromatic carbocycles. The summed E-state index contributed by atoms with van der Waals surface area (Å²) in [7, 11) is 0. The molecule has 0 aliphatic carbocycles. The normalized spacial score (nSPS) is 11.8. The highest BCUT2D eigenvalue weighted by molar-refractivity contribution is 5.77. The number of nitrogens with one attached hydrogen (secondary N) is 1. The fourth-order valence-corrected chi connectivity index (χ4v) is 1.60. The molecule has 1 rings (SSSR count). The first-order chi connectivity index (χ1) is 9.60. The molecule has 0 saturated carbocycles. The van der Waals surface area contributed by atoms with Crippen molar-refractivity contribution < 1.29 is 19.4 Å². The first-order valence-corrected chi connectivity index (χ1v) is 6.89. The van der Waals surface area contributed by atoms with Crippen LogP contribution in [0, 0.1) is 0 Å². The Labute approximate surface area is 119 Å². The number of aliphatic hydroxyl groups is 1. The van der Waals surface area contributed by atoms with Crippen LogP contribution in [0.25, 0.3) is 0 Å². The monoisotopic (exact) mass is 281 g/mol. The second-order valence-electron chi connectivity index (χ2n) is 4.54. The average molecular weight is 281 g/mol. The average Bonchev–Trinajstić information content (AvgIpc) is 2.46. The number of carbonyl (C=O) groups excluding carboxylic acids is 1. The third kappa shape index (κ3) is 5.09. The van der Waals surface area contributed by atoms with Crippen LogP contribution < -0.4 is 14.8 Å². The van der Waals surface area contributed by atoms with Crippen molar-refractivity contribution in [3.05, 3.63) is 23.8 Å². The number of benzene rings is 1. The maximum atomic E-state index is 11.7. The van der Waals surface area contributed by atoms with Gasteiger partial charge in [-0.2, -0.15) is 0 Å². The van der Waals surface area contributed by atoms with Crippen LogP contribution in [0.15, 0.2) is 18.2 Å². The molecule has 5 heteroatoms.